The predicted octanol–water partition coefficient (Wildman–Crippen LogP) is 2.51. The highest BCUT2D eigenvalue weighted by atomic mass is 16.6. The molecule has 0 aromatic carbocycles. The van der Waals surface area contributed by atoms with Crippen LogP contribution in [0.4, 0.5) is 4.79 Å². The van der Waals surface area contributed by atoms with Crippen LogP contribution in [0.3, 0.4) is 0 Å². The standard InChI is InChI=1S/C15H27NO5/c1-5-20-10-8-15(12(17)18)7-6-9-16(11-15)13(19)21-14(2,3)4/h5-11H2,1-4H3,(H,17,18). The van der Waals surface area contributed by atoms with Crippen molar-refractivity contribution in [1.29, 1.82) is 0 Å². The number of aliphatic carboxylic acids is 1. The van der Waals surface area contributed by atoms with Crippen LogP contribution in [-0.2, 0) is 14.3 Å². The lowest BCUT2D eigenvalue weighted by Gasteiger charge is -2.40. The van der Waals surface area contributed by atoms with Crippen molar-refractivity contribution in [2.45, 2.75) is 52.6 Å². The maximum atomic E-state index is 12.1. The van der Waals surface area contributed by atoms with Crippen molar-refractivity contribution in [2.75, 3.05) is 26.3 Å². The minimum atomic E-state index is -0.926. The van der Waals surface area contributed by atoms with E-state index in [-0.39, 0.29) is 6.54 Å². The van der Waals surface area contributed by atoms with Gasteiger partial charge >= 0.3 is 12.1 Å². The van der Waals surface area contributed by atoms with Gasteiger partial charge in [0.15, 0.2) is 0 Å². The lowest BCUT2D eigenvalue weighted by molar-refractivity contribution is -0.153. The van der Waals surface area contributed by atoms with Gasteiger partial charge in [0, 0.05) is 26.3 Å². The largest absolute Gasteiger partial charge is 0.481 e. The van der Waals surface area contributed by atoms with Crippen LogP contribution >= 0.6 is 0 Å². The number of hydrogen-bond donors (Lipinski definition) is 1. The number of carboxylic acids is 1. The van der Waals surface area contributed by atoms with Gasteiger partial charge in [-0.15, -0.1) is 0 Å². The molecule has 1 fully saturated rings. The molecule has 122 valence electrons. The highest BCUT2D eigenvalue weighted by Crippen LogP contribution is 2.34. The van der Waals surface area contributed by atoms with Gasteiger partial charge in [-0.3, -0.25) is 4.79 Å². The Hall–Kier alpha value is -1.30. The summed E-state index contributed by atoms with van der Waals surface area (Å²) in [4.78, 5) is 25.3. The molecule has 0 radical (unpaired) electrons. The predicted molar refractivity (Wildman–Crippen MR) is 78.2 cm³/mol. The second-order valence-electron chi connectivity index (χ2n) is 6.54. The normalized spacial score (nSPS) is 23.0. The van der Waals surface area contributed by atoms with Gasteiger partial charge in [-0.2, -0.15) is 0 Å². The zero-order valence-electron chi connectivity index (χ0n) is 13.5. The second-order valence-corrected chi connectivity index (χ2v) is 6.54. The Morgan fingerprint density at radius 1 is 1.33 bits per heavy atom. The maximum absolute atomic E-state index is 12.1. The first kappa shape index (κ1) is 17.8. The molecule has 6 nitrogen and oxygen atoms in total. The summed E-state index contributed by atoms with van der Waals surface area (Å²) in [6, 6.07) is 0. The molecule has 0 saturated carbocycles. The van der Waals surface area contributed by atoms with Crippen LogP contribution in [0, 0.1) is 5.41 Å². The third-order valence-corrected chi connectivity index (χ3v) is 3.61. The number of likely N-dealkylation sites (tertiary alicyclic amines) is 1. The molecule has 1 heterocycles. The topological polar surface area (TPSA) is 76.1 Å². The molecule has 1 atom stereocenters. The van der Waals surface area contributed by atoms with Crippen molar-refractivity contribution in [1.82, 2.24) is 4.90 Å². The van der Waals surface area contributed by atoms with Gasteiger partial charge in [-0.05, 0) is 47.0 Å². The molecule has 0 aromatic heterocycles. The van der Waals surface area contributed by atoms with E-state index in [0.717, 1.165) is 0 Å². The molecule has 0 aromatic rings. The first-order chi connectivity index (χ1) is 9.70. The van der Waals surface area contributed by atoms with Gasteiger partial charge in [0.25, 0.3) is 0 Å². The van der Waals surface area contributed by atoms with E-state index in [1.54, 1.807) is 20.8 Å². The molecule has 0 bridgehead atoms. The number of carbonyl (C=O) groups is 2. The summed E-state index contributed by atoms with van der Waals surface area (Å²) in [5.74, 6) is -0.865. The summed E-state index contributed by atoms with van der Waals surface area (Å²) in [5.41, 5.74) is -1.50. The van der Waals surface area contributed by atoms with Gasteiger partial charge in [-0.25, -0.2) is 4.79 Å². The van der Waals surface area contributed by atoms with E-state index in [9.17, 15) is 14.7 Å². The molecule has 0 spiro atoms. The Kier molecular flexibility index (Phi) is 6.01. The zero-order valence-corrected chi connectivity index (χ0v) is 13.5. The summed E-state index contributed by atoms with van der Waals surface area (Å²) in [7, 11) is 0. The van der Waals surface area contributed by atoms with E-state index in [0.29, 0.717) is 39.0 Å². The van der Waals surface area contributed by atoms with Crippen molar-refractivity contribution >= 4 is 12.1 Å². The molecule has 21 heavy (non-hydrogen) atoms. The number of piperidine rings is 1. The molecule has 0 aliphatic carbocycles. The van der Waals surface area contributed by atoms with Gasteiger partial charge < -0.3 is 19.5 Å². The summed E-state index contributed by atoms with van der Waals surface area (Å²) in [6.45, 7) is 8.96. The fourth-order valence-electron chi connectivity index (χ4n) is 2.51. The van der Waals surface area contributed by atoms with E-state index >= 15 is 0 Å². The van der Waals surface area contributed by atoms with Crippen LogP contribution in [0.25, 0.3) is 0 Å². The Bertz CT molecular complexity index is 377. The number of amides is 1. The number of ether oxygens (including phenoxy) is 2. The summed E-state index contributed by atoms with van der Waals surface area (Å²) >= 11 is 0. The van der Waals surface area contributed by atoms with Gasteiger partial charge in [0.05, 0.1) is 5.41 Å². The SMILES string of the molecule is CCOCCC1(C(=O)O)CCCN(C(=O)OC(C)(C)C)C1. The van der Waals surface area contributed by atoms with Crippen molar-refractivity contribution in [3.63, 3.8) is 0 Å². The van der Waals surface area contributed by atoms with Crippen molar-refractivity contribution in [3.05, 3.63) is 0 Å². The molecular weight excluding hydrogens is 274 g/mol. The van der Waals surface area contributed by atoms with E-state index in [2.05, 4.69) is 0 Å². The lowest BCUT2D eigenvalue weighted by Crippen LogP contribution is -2.51. The Morgan fingerprint density at radius 2 is 2.00 bits per heavy atom. The summed E-state index contributed by atoms with van der Waals surface area (Å²) < 4.78 is 10.6. The monoisotopic (exact) mass is 301 g/mol. The van der Waals surface area contributed by atoms with Gasteiger partial charge in [-0.1, -0.05) is 0 Å². The molecular formula is C15H27NO5. The first-order valence-electron chi connectivity index (χ1n) is 7.49. The van der Waals surface area contributed by atoms with Crippen molar-refractivity contribution in [2.24, 2.45) is 5.41 Å². The van der Waals surface area contributed by atoms with Crippen molar-refractivity contribution < 1.29 is 24.2 Å². The van der Waals surface area contributed by atoms with E-state index in [1.165, 1.54) is 4.90 Å². The van der Waals surface area contributed by atoms with Crippen LogP contribution in [-0.4, -0.2) is 54.0 Å². The molecule has 1 unspecified atom stereocenters. The fourth-order valence-corrected chi connectivity index (χ4v) is 2.51. The Balaban J connectivity index is 2.74. The van der Waals surface area contributed by atoms with Crippen LogP contribution in [0.15, 0.2) is 0 Å². The van der Waals surface area contributed by atoms with E-state index in [1.807, 2.05) is 6.92 Å². The molecule has 1 N–H and O–H groups in total. The zero-order chi connectivity index (χ0) is 16.1. The highest BCUT2D eigenvalue weighted by Gasteiger charge is 2.44. The summed E-state index contributed by atoms with van der Waals surface area (Å²) in [5, 5.41) is 9.59. The molecule has 1 aliphatic rings. The lowest BCUT2D eigenvalue weighted by atomic mass is 9.77. The smallest absolute Gasteiger partial charge is 0.410 e. The van der Waals surface area contributed by atoms with Crippen LogP contribution in [0.1, 0.15) is 47.0 Å². The van der Waals surface area contributed by atoms with Crippen LogP contribution in [0.5, 0.6) is 0 Å². The van der Waals surface area contributed by atoms with Gasteiger partial charge in [0.2, 0.25) is 0 Å². The first-order valence-corrected chi connectivity index (χ1v) is 7.49. The minimum Gasteiger partial charge on any atom is -0.481 e. The van der Waals surface area contributed by atoms with E-state index < -0.39 is 23.1 Å². The quantitative estimate of drug-likeness (QED) is 0.790. The minimum absolute atomic E-state index is 0.185. The maximum Gasteiger partial charge on any atom is 0.410 e. The number of carbonyl (C=O) groups excluding carboxylic acids is 1. The van der Waals surface area contributed by atoms with Crippen LogP contribution in [0.2, 0.25) is 0 Å². The number of rotatable bonds is 5. The Labute approximate surface area is 126 Å². The second kappa shape index (κ2) is 7.11. The molecule has 1 aliphatic heterocycles. The molecule has 6 heteroatoms. The molecule has 1 rings (SSSR count). The Morgan fingerprint density at radius 3 is 2.52 bits per heavy atom. The van der Waals surface area contributed by atoms with Crippen LogP contribution < -0.4 is 0 Å². The third kappa shape index (κ3) is 5.19. The molecule has 1 saturated heterocycles. The van der Waals surface area contributed by atoms with Crippen molar-refractivity contribution in [3.8, 4) is 0 Å². The number of nitrogens with zero attached hydrogens (tertiary/aromatic N) is 1. The van der Waals surface area contributed by atoms with E-state index in [4.69, 9.17) is 9.47 Å². The number of hydrogen-bond acceptors (Lipinski definition) is 4. The average molecular weight is 301 g/mol. The highest BCUT2D eigenvalue weighted by molar-refractivity contribution is 5.77. The van der Waals surface area contributed by atoms with Gasteiger partial charge in [0.1, 0.15) is 5.60 Å². The average Bonchev–Trinajstić information content (AvgIpc) is 2.37. The molecule has 1 amide bonds. The fraction of sp³-hybridized carbons (Fsp3) is 0.867. The third-order valence-electron chi connectivity index (χ3n) is 3.61. The number of carboxylic acid groups (broad SMARTS) is 1. The summed E-state index contributed by atoms with van der Waals surface area (Å²) in [6.07, 6.45) is 1.20.